The first-order chi connectivity index (χ1) is 11.1. The molecule has 23 heavy (non-hydrogen) atoms. The van der Waals surface area contributed by atoms with Crippen LogP contribution in [0.3, 0.4) is 0 Å². The molecule has 0 saturated heterocycles. The summed E-state index contributed by atoms with van der Waals surface area (Å²) in [4.78, 5) is 33.6. The van der Waals surface area contributed by atoms with E-state index in [2.05, 4.69) is 10.6 Å². The quantitative estimate of drug-likeness (QED) is 0.637. The van der Waals surface area contributed by atoms with Crippen LogP contribution in [0.25, 0.3) is 0 Å². The lowest BCUT2D eigenvalue weighted by Crippen LogP contribution is -2.46. The van der Waals surface area contributed by atoms with Crippen molar-refractivity contribution in [2.24, 2.45) is 0 Å². The highest BCUT2D eigenvalue weighted by atomic mass is 16.6. The van der Waals surface area contributed by atoms with Crippen LogP contribution in [0.15, 0.2) is 24.3 Å². The lowest BCUT2D eigenvalue weighted by molar-refractivity contribution is -0.385. The van der Waals surface area contributed by atoms with E-state index in [4.69, 9.17) is 4.74 Å². The number of imide groups is 1. The first-order valence-corrected chi connectivity index (χ1v) is 7.53. The van der Waals surface area contributed by atoms with Gasteiger partial charge in [0, 0.05) is 12.1 Å². The number of nitrogens with one attached hydrogen (secondary N) is 2. The standard InChI is InChI=1S/C15H19N3O5/c19-14(17-15(20)16-11-6-2-1-3-7-11)10-23-13-9-5-4-8-12(13)18(21)22/h4-5,8-9,11H,1-3,6-7,10H2,(H2,16,17,19,20). The van der Waals surface area contributed by atoms with Gasteiger partial charge in [-0.25, -0.2) is 4.79 Å². The van der Waals surface area contributed by atoms with E-state index in [0.717, 1.165) is 25.7 Å². The maximum atomic E-state index is 11.7. The Labute approximate surface area is 133 Å². The van der Waals surface area contributed by atoms with Gasteiger partial charge >= 0.3 is 11.7 Å². The normalized spacial score (nSPS) is 14.8. The fraction of sp³-hybridized carbons (Fsp3) is 0.467. The van der Waals surface area contributed by atoms with Gasteiger partial charge in [0.25, 0.3) is 5.91 Å². The number of carbonyl (C=O) groups excluding carboxylic acids is 2. The predicted molar refractivity (Wildman–Crippen MR) is 82.1 cm³/mol. The zero-order chi connectivity index (χ0) is 16.7. The largest absolute Gasteiger partial charge is 0.477 e. The number of nitro groups is 1. The molecule has 0 unspecified atom stereocenters. The summed E-state index contributed by atoms with van der Waals surface area (Å²) in [5.41, 5.74) is -0.230. The molecule has 1 aromatic carbocycles. The van der Waals surface area contributed by atoms with Crippen molar-refractivity contribution in [1.29, 1.82) is 0 Å². The number of para-hydroxylation sites is 2. The van der Waals surface area contributed by atoms with Crippen LogP contribution in [0.2, 0.25) is 0 Å². The molecule has 0 atom stereocenters. The summed E-state index contributed by atoms with van der Waals surface area (Å²) in [5.74, 6) is -0.670. The van der Waals surface area contributed by atoms with Crippen molar-refractivity contribution in [2.45, 2.75) is 38.1 Å². The van der Waals surface area contributed by atoms with E-state index in [1.165, 1.54) is 24.6 Å². The fourth-order valence-corrected chi connectivity index (χ4v) is 2.50. The van der Waals surface area contributed by atoms with Gasteiger partial charge in [0.05, 0.1) is 4.92 Å². The summed E-state index contributed by atoms with van der Waals surface area (Å²) in [6, 6.07) is 5.27. The lowest BCUT2D eigenvalue weighted by Gasteiger charge is -2.22. The van der Waals surface area contributed by atoms with Crippen molar-refractivity contribution in [3.8, 4) is 5.75 Å². The first-order valence-electron chi connectivity index (χ1n) is 7.53. The number of benzene rings is 1. The number of ether oxygens (including phenoxy) is 1. The number of hydrogen-bond acceptors (Lipinski definition) is 5. The van der Waals surface area contributed by atoms with Crippen molar-refractivity contribution in [3.63, 3.8) is 0 Å². The maximum absolute atomic E-state index is 11.7. The summed E-state index contributed by atoms with van der Waals surface area (Å²) in [7, 11) is 0. The number of urea groups is 1. The molecule has 1 fully saturated rings. The molecule has 8 heteroatoms. The van der Waals surface area contributed by atoms with Gasteiger partial charge in [-0.1, -0.05) is 31.4 Å². The second-order valence-corrected chi connectivity index (χ2v) is 5.37. The van der Waals surface area contributed by atoms with Gasteiger partial charge in [0.15, 0.2) is 12.4 Å². The summed E-state index contributed by atoms with van der Waals surface area (Å²) in [6.07, 6.45) is 5.13. The number of nitro benzene ring substituents is 1. The van der Waals surface area contributed by atoms with Crippen molar-refractivity contribution >= 4 is 17.6 Å². The van der Waals surface area contributed by atoms with E-state index in [1.807, 2.05) is 0 Å². The molecular formula is C15H19N3O5. The van der Waals surface area contributed by atoms with Gasteiger partial charge in [0.1, 0.15) is 0 Å². The average Bonchev–Trinajstić information content (AvgIpc) is 2.54. The molecule has 1 aliphatic rings. The van der Waals surface area contributed by atoms with Crippen molar-refractivity contribution < 1.29 is 19.2 Å². The Morgan fingerprint density at radius 1 is 1.22 bits per heavy atom. The molecule has 8 nitrogen and oxygen atoms in total. The van der Waals surface area contributed by atoms with Crippen LogP contribution < -0.4 is 15.4 Å². The minimum atomic E-state index is -0.656. The van der Waals surface area contributed by atoms with Crippen LogP contribution in [0.1, 0.15) is 32.1 Å². The number of nitrogens with zero attached hydrogens (tertiary/aromatic N) is 1. The van der Waals surface area contributed by atoms with Gasteiger partial charge < -0.3 is 10.1 Å². The van der Waals surface area contributed by atoms with E-state index in [9.17, 15) is 19.7 Å². The van der Waals surface area contributed by atoms with Crippen molar-refractivity contribution in [1.82, 2.24) is 10.6 Å². The molecule has 0 spiro atoms. The molecule has 0 aliphatic heterocycles. The highest BCUT2D eigenvalue weighted by molar-refractivity contribution is 5.95. The van der Waals surface area contributed by atoms with E-state index in [0.29, 0.717) is 0 Å². The van der Waals surface area contributed by atoms with Crippen LogP contribution in [-0.2, 0) is 4.79 Å². The topological polar surface area (TPSA) is 111 Å². The Kier molecular flexibility index (Phi) is 5.90. The van der Waals surface area contributed by atoms with Crippen LogP contribution >= 0.6 is 0 Å². The summed E-state index contributed by atoms with van der Waals surface area (Å²) < 4.78 is 5.12. The number of rotatable bonds is 5. The Hall–Kier alpha value is -2.64. The molecule has 2 rings (SSSR count). The molecule has 0 bridgehead atoms. The predicted octanol–water partition coefficient (Wildman–Crippen LogP) is 2.13. The first kappa shape index (κ1) is 16.7. The Morgan fingerprint density at radius 3 is 2.61 bits per heavy atom. The van der Waals surface area contributed by atoms with E-state index < -0.39 is 23.5 Å². The number of carbonyl (C=O) groups is 2. The van der Waals surface area contributed by atoms with Crippen LogP contribution in [0.5, 0.6) is 5.75 Å². The highest BCUT2D eigenvalue weighted by Crippen LogP contribution is 2.25. The fourth-order valence-electron chi connectivity index (χ4n) is 2.50. The smallest absolute Gasteiger partial charge is 0.321 e. The third-order valence-corrected chi connectivity index (χ3v) is 3.61. The van der Waals surface area contributed by atoms with Crippen molar-refractivity contribution in [3.05, 3.63) is 34.4 Å². The monoisotopic (exact) mass is 321 g/mol. The minimum absolute atomic E-state index is 0.0136. The third kappa shape index (κ3) is 5.24. The molecule has 1 aliphatic carbocycles. The zero-order valence-electron chi connectivity index (χ0n) is 12.6. The molecule has 0 radical (unpaired) electrons. The minimum Gasteiger partial charge on any atom is -0.477 e. The van der Waals surface area contributed by atoms with Crippen LogP contribution in [0, 0.1) is 10.1 Å². The molecule has 0 heterocycles. The number of amides is 3. The van der Waals surface area contributed by atoms with Gasteiger partial charge in [0.2, 0.25) is 0 Å². The summed E-state index contributed by atoms with van der Waals surface area (Å²) >= 11 is 0. The lowest BCUT2D eigenvalue weighted by atomic mass is 9.96. The third-order valence-electron chi connectivity index (χ3n) is 3.61. The Bertz CT molecular complexity index is 584. The molecular weight excluding hydrogens is 302 g/mol. The van der Waals surface area contributed by atoms with Gasteiger partial charge in [-0.3, -0.25) is 20.2 Å². The Balaban J connectivity index is 1.78. The molecule has 1 saturated carbocycles. The van der Waals surface area contributed by atoms with Crippen molar-refractivity contribution in [2.75, 3.05) is 6.61 Å². The summed E-state index contributed by atoms with van der Waals surface area (Å²) in [6.45, 7) is -0.469. The van der Waals surface area contributed by atoms with Gasteiger partial charge in [-0.15, -0.1) is 0 Å². The van der Waals surface area contributed by atoms with E-state index >= 15 is 0 Å². The second kappa shape index (κ2) is 8.11. The summed E-state index contributed by atoms with van der Waals surface area (Å²) in [5, 5.41) is 15.7. The number of hydrogen-bond donors (Lipinski definition) is 2. The van der Waals surface area contributed by atoms with E-state index in [-0.39, 0.29) is 17.5 Å². The average molecular weight is 321 g/mol. The van der Waals surface area contributed by atoms with Crippen LogP contribution in [-0.4, -0.2) is 29.5 Å². The molecule has 1 aromatic rings. The second-order valence-electron chi connectivity index (χ2n) is 5.37. The molecule has 3 amide bonds. The SMILES string of the molecule is O=C(COc1ccccc1[N+](=O)[O-])NC(=O)NC1CCCCC1. The van der Waals surface area contributed by atoms with Gasteiger partial charge in [-0.2, -0.15) is 0 Å². The maximum Gasteiger partial charge on any atom is 0.321 e. The zero-order valence-corrected chi connectivity index (χ0v) is 12.6. The van der Waals surface area contributed by atoms with E-state index in [1.54, 1.807) is 6.07 Å². The Morgan fingerprint density at radius 2 is 1.91 bits per heavy atom. The van der Waals surface area contributed by atoms with Crippen LogP contribution in [0.4, 0.5) is 10.5 Å². The molecule has 124 valence electrons. The molecule has 2 N–H and O–H groups in total. The molecule has 0 aromatic heterocycles. The highest BCUT2D eigenvalue weighted by Gasteiger charge is 2.18. The van der Waals surface area contributed by atoms with Gasteiger partial charge in [-0.05, 0) is 18.9 Å².